The smallest absolute Gasteiger partial charge is 0.234 e. The number of amides is 1. The van der Waals surface area contributed by atoms with Crippen molar-refractivity contribution in [3.63, 3.8) is 0 Å². The molecule has 1 N–H and O–H groups in total. The van der Waals surface area contributed by atoms with E-state index >= 15 is 0 Å². The molecule has 0 bridgehead atoms. The molecule has 1 aliphatic heterocycles. The number of aromatic nitrogens is 3. The Labute approximate surface area is 203 Å². The van der Waals surface area contributed by atoms with Crippen molar-refractivity contribution < 1.29 is 9.53 Å². The first kappa shape index (κ1) is 23.9. The van der Waals surface area contributed by atoms with E-state index in [1.54, 1.807) is 0 Å². The van der Waals surface area contributed by atoms with Crippen molar-refractivity contribution in [1.29, 1.82) is 0 Å². The minimum atomic E-state index is -0.101. The number of morpholine rings is 1. The van der Waals surface area contributed by atoms with E-state index in [1.165, 1.54) is 11.8 Å². The number of carbonyl (C=O) groups is 1. The van der Waals surface area contributed by atoms with Gasteiger partial charge in [-0.25, -0.2) is 0 Å². The van der Waals surface area contributed by atoms with Crippen molar-refractivity contribution in [3.8, 4) is 0 Å². The number of nitrogens with zero attached hydrogens (tertiary/aromatic N) is 6. The van der Waals surface area contributed by atoms with Gasteiger partial charge in [-0.2, -0.15) is 10.2 Å². The molecule has 0 radical (unpaired) electrons. The lowest BCUT2D eigenvalue weighted by Gasteiger charge is -2.28. The highest BCUT2D eigenvalue weighted by molar-refractivity contribution is 7.99. The number of benzene rings is 2. The Morgan fingerprint density at radius 3 is 2.38 bits per heavy atom. The number of hydrogen-bond donors (Lipinski definition) is 1. The van der Waals surface area contributed by atoms with Gasteiger partial charge in [0.15, 0.2) is 5.16 Å². The summed E-state index contributed by atoms with van der Waals surface area (Å²) < 4.78 is 7.57. The number of anilines is 2. The maximum atomic E-state index is 12.6. The van der Waals surface area contributed by atoms with Gasteiger partial charge in [-0.15, -0.1) is 10.2 Å². The van der Waals surface area contributed by atoms with Gasteiger partial charge in [-0.3, -0.25) is 9.36 Å². The minimum Gasteiger partial charge on any atom is -0.378 e. The fourth-order valence-corrected chi connectivity index (χ4v) is 4.20. The van der Waals surface area contributed by atoms with Gasteiger partial charge in [-0.05, 0) is 42.3 Å². The van der Waals surface area contributed by atoms with Crippen LogP contribution in [0.25, 0.3) is 0 Å². The van der Waals surface area contributed by atoms with Crippen molar-refractivity contribution in [2.24, 2.45) is 16.1 Å². The van der Waals surface area contributed by atoms with E-state index in [0.717, 1.165) is 36.4 Å². The molecule has 9 nitrogen and oxygen atoms in total. The molecule has 178 valence electrons. The predicted octanol–water partition coefficient (Wildman–Crippen LogP) is 4.92. The molecule has 1 saturated heterocycles. The second-order valence-electron chi connectivity index (χ2n) is 8.31. The van der Waals surface area contributed by atoms with E-state index in [0.29, 0.717) is 30.5 Å². The Hall–Kier alpha value is -3.24. The highest BCUT2D eigenvalue weighted by Crippen LogP contribution is 2.25. The summed E-state index contributed by atoms with van der Waals surface area (Å²) in [6, 6.07) is 16.8. The number of rotatable bonds is 9. The average Bonchev–Trinajstić information content (AvgIpc) is 3.25. The van der Waals surface area contributed by atoms with Gasteiger partial charge in [0.25, 0.3) is 0 Å². The molecule has 2 aromatic carbocycles. The van der Waals surface area contributed by atoms with Crippen molar-refractivity contribution in [3.05, 3.63) is 54.6 Å². The van der Waals surface area contributed by atoms with Crippen LogP contribution in [0.15, 0.2) is 70.0 Å². The molecule has 0 unspecified atom stereocenters. The maximum absolute atomic E-state index is 12.6. The molecule has 3 aromatic rings. The number of hydrogen-bond acceptors (Lipinski definition) is 8. The van der Waals surface area contributed by atoms with Crippen molar-refractivity contribution in [2.45, 2.75) is 25.5 Å². The number of azo groups is 1. The molecule has 0 spiro atoms. The van der Waals surface area contributed by atoms with E-state index in [2.05, 4.69) is 49.1 Å². The lowest BCUT2D eigenvalue weighted by atomic mass is 10.2. The molecule has 1 aromatic heterocycles. The van der Waals surface area contributed by atoms with Crippen molar-refractivity contribution in [2.75, 3.05) is 42.3 Å². The van der Waals surface area contributed by atoms with Crippen LogP contribution < -0.4 is 10.2 Å². The third-order valence-corrected chi connectivity index (χ3v) is 6.03. The zero-order valence-corrected chi connectivity index (χ0v) is 20.2. The average molecular weight is 480 g/mol. The second-order valence-corrected chi connectivity index (χ2v) is 9.25. The molecule has 0 saturated carbocycles. The quantitative estimate of drug-likeness (QED) is 0.346. The monoisotopic (exact) mass is 479 g/mol. The number of thioether (sulfide) groups is 1. The summed E-state index contributed by atoms with van der Waals surface area (Å²) in [6.45, 7) is 8.07. The summed E-state index contributed by atoms with van der Waals surface area (Å²) in [4.78, 5) is 14.8. The summed E-state index contributed by atoms with van der Waals surface area (Å²) >= 11 is 1.40. The van der Waals surface area contributed by atoms with Crippen molar-refractivity contribution in [1.82, 2.24) is 14.8 Å². The molecule has 0 atom stereocenters. The van der Waals surface area contributed by atoms with Crippen LogP contribution in [0.1, 0.15) is 13.8 Å². The van der Waals surface area contributed by atoms with E-state index < -0.39 is 0 Å². The molecule has 0 aliphatic carbocycles. The van der Waals surface area contributed by atoms with Crippen LogP contribution in [0.5, 0.6) is 0 Å². The van der Waals surface area contributed by atoms with Gasteiger partial charge in [0.1, 0.15) is 0 Å². The SMILES string of the molecule is CC(C)Cn1c(SCC(=O)Nc2ccc(N=Nc3ccccc3)cc2)nnc1N1CCOCC1. The Balaban J connectivity index is 1.33. The van der Waals surface area contributed by atoms with Crippen LogP contribution in [0.3, 0.4) is 0 Å². The van der Waals surface area contributed by atoms with Crippen LogP contribution in [-0.4, -0.2) is 52.7 Å². The summed E-state index contributed by atoms with van der Waals surface area (Å²) in [5.41, 5.74) is 2.22. The van der Waals surface area contributed by atoms with Crippen LogP contribution in [0, 0.1) is 5.92 Å². The Bertz CT molecular complexity index is 1090. The number of carbonyl (C=O) groups excluding carboxylic acids is 1. The topological polar surface area (TPSA) is 97.0 Å². The molecule has 1 fully saturated rings. The first-order valence-corrected chi connectivity index (χ1v) is 12.3. The van der Waals surface area contributed by atoms with Crippen LogP contribution in [-0.2, 0) is 16.1 Å². The van der Waals surface area contributed by atoms with Gasteiger partial charge in [-0.1, -0.05) is 43.8 Å². The highest BCUT2D eigenvalue weighted by Gasteiger charge is 2.21. The first-order chi connectivity index (χ1) is 16.6. The summed E-state index contributed by atoms with van der Waals surface area (Å²) in [6.07, 6.45) is 0. The van der Waals surface area contributed by atoms with Gasteiger partial charge in [0.2, 0.25) is 11.9 Å². The molecule has 1 amide bonds. The van der Waals surface area contributed by atoms with E-state index in [9.17, 15) is 4.79 Å². The first-order valence-electron chi connectivity index (χ1n) is 11.3. The van der Waals surface area contributed by atoms with Gasteiger partial charge < -0.3 is 15.0 Å². The summed E-state index contributed by atoms with van der Waals surface area (Å²) in [7, 11) is 0. The van der Waals surface area contributed by atoms with E-state index in [-0.39, 0.29) is 11.7 Å². The molecular weight excluding hydrogens is 450 g/mol. The normalized spacial score (nSPS) is 14.1. The fourth-order valence-electron chi connectivity index (χ4n) is 3.46. The molecule has 4 rings (SSSR count). The van der Waals surface area contributed by atoms with Gasteiger partial charge >= 0.3 is 0 Å². The summed E-state index contributed by atoms with van der Waals surface area (Å²) in [5.74, 6) is 1.42. The lowest BCUT2D eigenvalue weighted by molar-refractivity contribution is -0.113. The minimum absolute atomic E-state index is 0.101. The lowest BCUT2D eigenvalue weighted by Crippen LogP contribution is -2.38. The van der Waals surface area contributed by atoms with Crippen LogP contribution in [0.4, 0.5) is 23.0 Å². The largest absolute Gasteiger partial charge is 0.378 e. The fraction of sp³-hybridized carbons (Fsp3) is 0.375. The standard InChI is InChI=1S/C24H29N7O2S/c1-18(2)16-31-23(30-12-14-33-15-13-30)28-29-24(31)34-17-22(32)25-19-8-10-21(11-9-19)27-26-20-6-4-3-5-7-20/h3-11,18H,12-17H2,1-2H3,(H,25,32). The molecule has 2 heterocycles. The van der Waals surface area contributed by atoms with Crippen LogP contribution >= 0.6 is 11.8 Å². The summed E-state index contributed by atoms with van der Waals surface area (Å²) in [5, 5.41) is 20.9. The number of ether oxygens (including phenoxy) is 1. The van der Waals surface area contributed by atoms with Gasteiger partial charge in [0, 0.05) is 25.3 Å². The Kier molecular flexibility index (Phi) is 8.26. The molecule has 34 heavy (non-hydrogen) atoms. The zero-order chi connectivity index (χ0) is 23.8. The predicted molar refractivity (Wildman–Crippen MR) is 134 cm³/mol. The highest BCUT2D eigenvalue weighted by atomic mass is 32.2. The molecular formula is C24H29N7O2S. The third-order valence-electron chi connectivity index (χ3n) is 5.06. The van der Waals surface area contributed by atoms with Crippen molar-refractivity contribution >= 4 is 40.7 Å². The van der Waals surface area contributed by atoms with Gasteiger partial charge in [0.05, 0.1) is 30.3 Å². The third kappa shape index (κ3) is 6.64. The van der Waals surface area contributed by atoms with E-state index in [4.69, 9.17) is 4.74 Å². The zero-order valence-electron chi connectivity index (χ0n) is 19.4. The molecule has 10 heteroatoms. The maximum Gasteiger partial charge on any atom is 0.234 e. The number of nitrogens with one attached hydrogen (secondary N) is 1. The second kappa shape index (κ2) is 11.8. The Morgan fingerprint density at radius 1 is 1.03 bits per heavy atom. The Morgan fingerprint density at radius 2 is 1.71 bits per heavy atom. The molecule has 1 aliphatic rings. The van der Waals surface area contributed by atoms with Crippen LogP contribution in [0.2, 0.25) is 0 Å². The van der Waals surface area contributed by atoms with E-state index in [1.807, 2.05) is 54.6 Å².